The number of benzene rings is 1. The van der Waals surface area contributed by atoms with Gasteiger partial charge in [0.05, 0.1) is 23.7 Å². The maximum Gasteiger partial charge on any atom is 0.306 e. The van der Waals surface area contributed by atoms with Gasteiger partial charge in [0.15, 0.2) is 0 Å². The zero-order chi connectivity index (χ0) is 18.8. The van der Waals surface area contributed by atoms with Gasteiger partial charge in [0.1, 0.15) is 0 Å². The van der Waals surface area contributed by atoms with Gasteiger partial charge in [0.2, 0.25) is 5.91 Å². The second kappa shape index (κ2) is 7.32. The Morgan fingerprint density at radius 1 is 1.23 bits per heavy atom. The topological polar surface area (TPSA) is 75.4 Å². The fourth-order valence-electron chi connectivity index (χ4n) is 3.75. The SMILES string of the molecule is Cc1nn(-c2ccccc2)c(C)c1CC(=O)N1CCC(C(=O)O)C(C)C1. The average molecular weight is 355 g/mol. The highest BCUT2D eigenvalue weighted by atomic mass is 16.4. The molecule has 1 aliphatic rings. The third kappa shape index (κ3) is 3.49. The number of rotatable bonds is 4. The van der Waals surface area contributed by atoms with Crippen molar-refractivity contribution in [1.82, 2.24) is 14.7 Å². The van der Waals surface area contributed by atoms with Gasteiger partial charge in [-0.15, -0.1) is 0 Å². The third-order valence-corrected chi connectivity index (χ3v) is 5.35. The van der Waals surface area contributed by atoms with E-state index >= 15 is 0 Å². The summed E-state index contributed by atoms with van der Waals surface area (Å²) >= 11 is 0. The third-order valence-electron chi connectivity index (χ3n) is 5.35. The van der Waals surface area contributed by atoms with Gasteiger partial charge in [-0.25, -0.2) is 4.68 Å². The number of carboxylic acid groups (broad SMARTS) is 1. The van der Waals surface area contributed by atoms with E-state index in [1.807, 2.05) is 55.8 Å². The molecule has 3 rings (SSSR count). The number of nitrogens with zero attached hydrogens (tertiary/aromatic N) is 3. The van der Waals surface area contributed by atoms with Gasteiger partial charge in [0.25, 0.3) is 0 Å². The molecule has 6 heteroatoms. The molecule has 1 N–H and O–H groups in total. The molecule has 138 valence electrons. The first-order chi connectivity index (χ1) is 12.4. The molecule has 1 aromatic carbocycles. The number of aryl methyl sites for hydroxylation is 1. The van der Waals surface area contributed by atoms with Gasteiger partial charge in [-0.05, 0) is 38.3 Å². The number of carboxylic acids is 1. The van der Waals surface area contributed by atoms with Crippen molar-refractivity contribution < 1.29 is 14.7 Å². The van der Waals surface area contributed by atoms with E-state index in [1.165, 1.54) is 0 Å². The number of carbonyl (C=O) groups is 2. The predicted octanol–water partition coefficient (Wildman–Crippen LogP) is 2.60. The number of likely N-dealkylation sites (tertiary alicyclic amines) is 1. The van der Waals surface area contributed by atoms with Crippen LogP contribution >= 0.6 is 0 Å². The van der Waals surface area contributed by atoms with Crippen LogP contribution in [0.1, 0.15) is 30.3 Å². The molecule has 1 aromatic heterocycles. The van der Waals surface area contributed by atoms with Crippen molar-refractivity contribution in [3.8, 4) is 5.69 Å². The second-order valence-electron chi connectivity index (χ2n) is 7.12. The first kappa shape index (κ1) is 18.2. The molecule has 1 fully saturated rings. The summed E-state index contributed by atoms with van der Waals surface area (Å²) in [5, 5.41) is 13.8. The number of aromatic nitrogens is 2. The van der Waals surface area contributed by atoms with Crippen molar-refractivity contribution in [3.63, 3.8) is 0 Å². The molecule has 0 saturated carbocycles. The molecule has 0 radical (unpaired) electrons. The average Bonchev–Trinajstić information content (AvgIpc) is 2.90. The van der Waals surface area contributed by atoms with E-state index in [0.717, 1.165) is 22.6 Å². The molecule has 1 saturated heterocycles. The van der Waals surface area contributed by atoms with Gasteiger partial charge in [0, 0.05) is 24.3 Å². The van der Waals surface area contributed by atoms with E-state index < -0.39 is 5.97 Å². The Hall–Kier alpha value is -2.63. The van der Waals surface area contributed by atoms with E-state index in [2.05, 4.69) is 5.10 Å². The lowest BCUT2D eigenvalue weighted by atomic mass is 9.87. The minimum Gasteiger partial charge on any atom is -0.481 e. The van der Waals surface area contributed by atoms with Crippen LogP contribution in [-0.4, -0.2) is 44.8 Å². The van der Waals surface area contributed by atoms with E-state index in [-0.39, 0.29) is 17.7 Å². The maximum absolute atomic E-state index is 12.8. The lowest BCUT2D eigenvalue weighted by Crippen LogP contribution is -2.45. The zero-order valence-corrected chi connectivity index (χ0v) is 15.5. The zero-order valence-electron chi connectivity index (χ0n) is 15.5. The molecule has 2 aromatic rings. The molecule has 2 unspecified atom stereocenters. The fraction of sp³-hybridized carbons (Fsp3) is 0.450. The molecule has 2 atom stereocenters. The Bertz CT molecular complexity index is 813. The Labute approximate surface area is 153 Å². The van der Waals surface area contributed by atoms with Crippen molar-refractivity contribution in [1.29, 1.82) is 0 Å². The Kier molecular flexibility index (Phi) is 5.11. The maximum atomic E-state index is 12.8. The summed E-state index contributed by atoms with van der Waals surface area (Å²) in [6.45, 7) is 6.82. The summed E-state index contributed by atoms with van der Waals surface area (Å²) in [5.74, 6) is -1.11. The second-order valence-corrected chi connectivity index (χ2v) is 7.12. The van der Waals surface area contributed by atoms with Crippen LogP contribution in [0, 0.1) is 25.7 Å². The van der Waals surface area contributed by atoms with Crippen LogP contribution in [0.4, 0.5) is 0 Å². The molecular weight excluding hydrogens is 330 g/mol. The van der Waals surface area contributed by atoms with E-state index in [0.29, 0.717) is 25.9 Å². The van der Waals surface area contributed by atoms with Crippen molar-refractivity contribution >= 4 is 11.9 Å². The van der Waals surface area contributed by atoms with Crippen molar-refractivity contribution in [2.45, 2.75) is 33.6 Å². The molecule has 0 spiro atoms. The molecule has 1 amide bonds. The van der Waals surface area contributed by atoms with Crippen LogP contribution in [0.2, 0.25) is 0 Å². The summed E-state index contributed by atoms with van der Waals surface area (Å²) in [5.41, 5.74) is 3.75. The normalized spacial score (nSPS) is 20.2. The van der Waals surface area contributed by atoms with E-state index in [9.17, 15) is 14.7 Å². The van der Waals surface area contributed by atoms with Crippen LogP contribution in [0.15, 0.2) is 30.3 Å². The molecule has 26 heavy (non-hydrogen) atoms. The highest BCUT2D eigenvalue weighted by molar-refractivity contribution is 5.80. The van der Waals surface area contributed by atoms with Gasteiger partial charge in [-0.3, -0.25) is 9.59 Å². The van der Waals surface area contributed by atoms with Crippen LogP contribution in [-0.2, 0) is 16.0 Å². The number of carbonyl (C=O) groups excluding carboxylic acids is 1. The number of piperidine rings is 1. The number of hydrogen-bond acceptors (Lipinski definition) is 3. The number of aliphatic carboxylic acids is 1. The summed E-state index contributed by atoms with van der Waals surface area (Å²) in [7, 11) is 0. The summed E-state index contributed by atoms with van der Waals surface area (Å²) < 4.78 is 1.87. The van der Waals surface area contributed by atoms with Crippen LogP contribution in [0.5, 0.6) is 0 Å². The van der Waals surface area contributed by atoms with Gasteiger partial charge in [-0.1, -0.05) is 25.1 Å². The smallest absolute Gasteiger partial charge is 0.306 e. The summed E-state index contributed by atoms with van der Waals surface area (Å²) in [4.78, 5) is 25.8. The Morgan fingerprint density at radius 2 is 1.92 bits per heavy atom. The van der Waals surface area contributed by atoms with Crippen molar-refractivity contribution in [2.75, 3.05) is 13.1 Å². The summed E-state index contributed by atoms with van der Waals surface area (Å²) in [6.07, 6.45) is 0.818. The highest BCUT2D eigenvalue weighted by Gasteiger charge is 2.33. The largest absolute Gasteiger partial charge is 0.481 e. The minimum atomic E-state index is -0.763. The monoisotopic (exact) mass is 355 g/mol. The van der Waals surface area contributed by atoms with Crippen LogP contribution < -0.4 is 0 Å². The Balaban J connectivity index is 1.75. The van der Waals surface area contributed by atoms with E-state index in [4.69, 9.17) is 0 Å². The highest BCUT2D eigenvalue weighted by Crippen LogP contribution is 2.25. The molecular formula is C20H25N3O3. The number of hydrogen-bond donors (Lipinski definition) is 1. The molecule has 0 aliphatic carbocycles. The Morgan fingerprint density at radius 3 is 2.54 bits per heavy atom. The van der Waals surface area contributed by atoms with Crippen molar-refractivity contribution in [3.05, 3.63) is 47.3 Å². The van der Waals surface area contributed by atoms with E-state index in [1.54, 1.807) is 4.90 Å². The molecule has 0 bridgehead atoms. The first-order valence-electron chi connectivity index (χ1n) is 8.99. The lowest BCUT2D eigenvalue weighted by molar-refractivity contribution is -0.148. The quantitative estimate of drug-likeness (QED) is 0.915. The molecule has 6 nitrogen and oxygen atoms in total. The molecule has 1 aliphatic heterocycles. The van der Waals surface area contributed by atoms with Crippen molar-refractivity contribution in [2.24, 2.45) is 11.8 Å². The predicted molar refractivity (Wildman–Crippen MR) is 98.2 cm³/mol. The molecule has 2 heterocycles. The lowest BCUT2D eigenvalue weighted by Gasteiger charge is -2.35. The van der Waals surface area contributed by atoms with Gasteiger partial charge in [-0.2, -0.15) is 5.10 Å². The fourth-order valence-corrected chi connectivity index (χ4v) is 3.75. The minimum absolute atomic E-state index is 0.0283. The number of para-hydroxylation sites is 1. The summed E-state index contributed by atoms with van der Waals surface area (Å²) in [6, 6.07) is 9.86. The van der Waals surface area contributed by atoms with Crippen LogP contribution in [0.3, 0.4) is 0 Å². The van der Waals surface area contributed by atoms with Gasteiger partial charge >= 0.3 is 5.97 Å². The number of amides is 1. The van der Waals surface area contributed by atoms with Crippen LogP contribution in [0.25, 0.3) is 5.69 Å². The standard InChI is InChI=1S/C20H25N3O3/c1-13-12-22(10-9-17(13)20(25)26)19(24)11-18-14(2)21-23(15(18)3)16-7-5-4-6-8-16/h4-8,13,17H,9-12H2,1-3H3,(H,25,26). The van der Waals surface area contributed by atoms with Gasteiger partial charge < -0.3 is 10.0 Å². The first-order valence-corrected chi connectivity index (χ1v) is 8.99.